The zero-order chi connectivity index (χ0) is 29.9. The molecule has 6 heterocycles. The van der Waals surface area contributed by atoms with Gasteiger partial charge in [0.25, 0.3) is 5.56 Å². The van der Waals surface area contributed by atoms with E-state index in [1.165, 1.54) is 17.2 Å². The summed E-state index contributed by atoms with van der Waals surface area (Å²) < 4.78 is 37.0. The molecule has 0 aliphatic carbocycles. The molecule has 0 saturated carbocycles. The second-order valence-electron chi connectivity index (χ2n) is 9.48. The number of anilines is 2. The van der Waals surface area contributed by atoms with E-state index >= 15 is 0 Å². The molecule has 0 bridgehead atoms. The molecule has 0 aromatic carbocycles. The van der Waals surface area contributed by atoms with Crippen LogP contribution in [0.25, 0.3) is 22.3 Å². The van der Waals surface area contributed by atoms with Crippen LogP contribution in [0.15, 0.2) is 23.8 Å². The largest absolute Gasteiger partial charge is 0.472 e. The van der Waals surface area contributed by atoms with E-state index < -0.39 is 75.7 Å². The summed E-state index contributed by atoms with van der Waals surface area (Å²) in [6, 6.07) is 0. The third kappa shape index (κ3) is 4.80. The Labute approximate surface area is 232 Å². The third-order valence-electron chi connectivity index (χ3n) is 6.87. The van der Waals surface area contributed by atoms with Gasteiger partial charge >= 0.3 is 7.82 Å². The molecule has 42 heavy (non-hydrogen) atoms. The summed E-state index contributed by atoms with van der Waals surface area (Å²) in [6.45, 7) is -1.44. The van der Waals surface area contributed by atoms with Crippen molar-refractivity contribution in [2.24, 2.45) is 0 Å². The molecule has 2 aliphatic heterocycles. The fourth-order valence-electron chi connectivity index (χ4n) is 4.84. The maximum absolute atomic E-state index is 13.0. The molecule has 4 aromatic rings. The summed E-state index contributed by atoms with van der Waals surface area (Å²) in [5.41, 5.74) is 11.0. The van der Waals surface area contributed by atoms with Crippen molar-refractivity contribution in [2.75, 3.05) is 24.7 Å². The Balaban J connectivity index is 1.19. The molecule has 4 aromatic heterocycles. The zero-order valence-electron chi connectivity index (χ0n) is 21.2. The normalized spacial score (nSPS) is 31.3. The van der Waals surface area contributed by atoms with E-state index in [4.69, 9.17) is 30.0 Å². The van der Waals surface area contributed by atoms with Gasteiger partial charge in [-0.25, -0.2) is 24.5 Å². The summed E-state index contributed by atoms with van der Waals surface area (Å²) in [6.07, 6.45) is -8.05. The average Bonchev–Trinajstić information content (AvgIpc) is 3.69. The first-order valence-electron chi connectivity index (χ1n) is 12.3. The van der Waals surface area contributed by atoms with Crippen LogP contribution in [0.2, 0.25) is 0 Å². The van der Waals surface area contributed by atoms with Gasteiger partial charge in [-0.05, 0) is 0 Å². The number of nitrogens with zero attached hydrogens (tertiary/aromatic N) is 7. The van der Waals surface area contributed by atoms with Crippen LogP contribution in [0.3, 0.4) is 0 Å². The van der Waals surface area contributed by atoms with E-state index in [-0.39, 0.29) is 34.1 Å². The number of nitrogen functional groups attached to an aromatic ring is 2. The SMILES string of the molecule is Nc1nc2c(ncn2[C@@H]2O[C@H](CO)[C@H](O)[C@@H]2OP(=O)(O)OC[C@@H]2O[C@H](n3cnc4c(N)ncnc43)[C@H](O)[C@@H]2O)c(=O)[nH]1. The van der Waals surface area contributed by atoms with E-state index in [1.54, 1.807) is 0 Å². The highest BCUT2D eigenvalue weighted by Crippen LogP contribution is 2.50. The number of imidazole rings is 2. The molecule has 1 unspecified atom stereocenters. The lowest BCUT2D eigenvalue weighted by Gasteiger charge is -2.24. The standard InChI is InChI=1S/C20H25N10O11P/c21-14-8-15(24-3-23-14)29(4-25-8)18-12(34)10(32)7(40-18)2-38-42(36,37)41-13-11(33)6(1-31)39-19(13)30-5-26-9-16(30)27-20(22)28-17(9)35/h3-7,10-13,18-19,31-34H,1-2H2,(H,36,37)(H2,21,23,24)(H3,22,27,28,35)/t6-,7+,10-,11+,12-,13+,18+,19-/m1/s1. The van der Waals surface area contributed by atoms with E-state index in [2.05, 4.69) is 29.9 Å². The molecule has 10 N–H and O–H groups in total. The Morgan fingerprint density at radius 3 is 2.38 bits per heavy atom. The molecule has 0 amide bonds. The molecule has 0 spiro atoms. The Hall–Kier alpha value is -3.63. The molecule has 2 saturated heterocycles. The first kappa shape index (κ1) is 28.5. The van der Waals surface area contributed by atoms with Crippen LogP contribution in [0.5, 0.6) is 0 Å². The first-order valence-corrected chi connectivity index (χ1v) is 13.8. The highest BCUT2D eigenvalue weighted by molar-refractivity contribution is 7.47. The number of nitrogens with one attached hydrogen (secondary N) is 1. The summed E-state index contributed by atoms with van der Waals surface area (Å²) in [5, 5.41) is 41.5. The van der Waals surface area contributed by atoms with Crippen molar-refractivity contribution >= 4 is 41.9 Å². The molecule has 0 radical (unpaired) electrons. The molecule has 21 nitrogen and oxygen atoms in total. The maximum Gasteiger partial charge on any atom is 0.472 e. The van der Waals surface area contributed by atoms with E-state index in [0.717, 1.165) is 10.9 Å². The van der Waals surface area contributed by atoms with Crippen LogP contribution in [-0.2, 0) is 23.1 Å². The quantitative estimate of drug-likeness (QED) is 0.0894. The Morgan fingerprint density at radius 1 is 0.952 bits per heavy atom. The monoisotopic (exact) mass is 612 g/mol. The minimum atomic E-state index is -5.06. The number of nitrogens with two attached hydrogens (primary N) is 2. The van der Waals surface area contributed by atoms with Gasteiger partial charge in [0, 0.05) is 0 Å². The summed E-state index contributed by atoms with van der Waals surface area (Å²) in [5.74, 6) is -0.171. The van der Waals surface area contributed by atoms with E-state index in [9.17, 15) is 34.7 Å². The second-order valence-corrected chi connectivity index (χ2v) is 10.9. The summed E-state index contributed by atoms with van der Waals surface area (Å²) >= 11 is 0. The predicted molar refractivity (Wildman–Crippen MR) is 136 cm³/mol. The fourth-order valence-corrected chi connectivity index (χ4v) is 5.77. The minimum absolute atomic E-state index is 0.0830. The number of rotatable bonds is 8. The van der Waals surface area contributed by atoms with Gasteiger partial charge in [-0.1, -0.05) is 0 Å². The number of aliphatic hydroxyl groups is 4. The lowest BCUT2D eigenvalue weighted by Crippen LogP contribution is -2.36. The molecule has 9 atom stereocenters. The third-order valence-corrected chi connectivity index (χ3v) is 7.86. The van der Waals surface area contributed by atoms with Gasteiger partial charge in [-0.15, -0.1) is 0 Å². The van der Waals surface area contributed by atoms with Crippen molar-refractivity contribution in [3.05, 3.63) is 29.3 Å². The molecule has 22 heteroatoms. The first-order chi connectivity index (χ1) is 20.0. The molecular weight excluding hydrogens is 587 g/mol. The number of aromatic amines is 1. The topological polar surface area (TPSA) is 314 Å². The summed E-state index contributed by atoms with van der Waals surface area (Å²) in [7, 11) is -5.06. The van der Waals surface area contributed by atoms with Gasteiger partial charge in [-0.3, -0.25) is 28.0 Å². The van der Waals surface area contributed by atoms with Crippen molar-refractivity contribution in [1.82, 2.24) is 39.0 Å². The van der Waals surface area contributed by atoms with Crippen LogP contribution in [0.1, 0.15) is 12.5 Å². The highest BCUT2D eigenvalue weighted by Gasteiger charge is 2.50. The van der Waals surface area contributed by atoms with Crippen LogP contribution in [-0.4, -0.2) is 114 Å². The van der Waals surface area contributed by atoms with E-state index in [1.807, 2.05) is 0 Å². The maximum atomic E-state index is 13.0. The van der Waals surface area contributed by atoms with Crippen molar-refractivity contribution in [2.45, 2.75) is 49.1 Å². The number of H-pyrrole nitrogens is 1. The Morgan fingerprint density at radius 2 is 1.64 bits per heavy atom. The lowest BCUT2D eigenvalue weighted by atomic mass is 10.1. The van der Waals surface area contributed by atoms with Crippen molar-refractivity contribution in [3.63, 3.8) is 0 Å². The number of ether oxygens (including phenoxy) is 2. The molecule has 226 valence electrons. The van der Waals surface area contributed by atoms with Gasteiger partial charge in [0.05, 0.1) is 25.9 Å². The number of hydrogen-bond acceptors (Lipinski definition) is 17. The number of phosphoric ester groups is 1. The minimum Gasteiger partial charge on any atom is -0.394 e. The zero-order valence-corrected chi connectivity index (χ0v) is 22.1. The Bertz CT molecular complexity index is 1730. The van der Waals surface area contributed by atoms with Crippen LogP contribution >= 0.6 is 7.82 Å². The van der Waals surface area contributed by atoms with Crippen LogP contribution in [0.4, 0.5) is 11.8 Å². The smallest absolute Gasteiger partial charge is 0.394 e. The highest BCUT2D eigenvalue weighted by atomic mass is 31.2. The number of hydrogen-bond donors (Lipinski definition) is 8. The van der Waals surface area contributed by atoms with Gasteiger partial charge < -0.3 is 46.3 Å². The number of aromatic nitrogens is 8. The van der Waals surface area contributed by atoms with Gasteiger partial charge in [0.2, 0.25) is 5.95 Å². The second kappa shape index (κ2) is 10.6. The van der Waals surface area contributed by atoms with Gasteiger partial charge in [0.1, 0.15) is 48.5 Å². The molecule has 2 fully saturated rings. The predicted octanol–water partition coefficient (Wildman–Crippen LogP) is -3.50. The van der Waals surface area contributed by atoms with Crippen LogP contribution < -0.4 is 17.0 Å². The lowest BCUT2D eigenvalue weighted by molar-refractivity contribution is -0.0615. The Kier molecular flexibility index (Phi) is 7.17. The van der Waals surface area contributed by atoms with Crippen molar-refractivity contribution in [3.8, 4) is 0 Å². The molecular formula is C20H25N10O11P. The van der Waals surface area contributed by atoms with Gasteiger partial charge in [-0.2, -0.15) is 4.98 Å². The number of fused-ring (bicyclic) bond motifs is 2. The molecule has 2 aliphatic rings. The number of phosphoric acid groups is 1. The van der Waals surface area contributed by atoms with E-state index in [0.29, 0.717) is 0 Å². The average molecular weight is 612 g/mol. The molecule has 6 rings (SSSR count). The number of aliphatic hydroxyl groups excluding tert-OH is 4. The van der Waals surface area contributed by atoms with Crippen molar-refractivity contribution < 1.29 is 48.4 Å². The summed E-state index contributed by atoms with van der Waals surface area (Å²) in [4.78, 5) is 44.9. The van der Waals surface area contributed by atoms with Crippen LogP contribution in [0, 0.1) is 0 Å². The fraction of sp³-hybridized carbons (Fsp3) is 0.500. The van der Waals surface area contributed by atoms with Crippen molar-refractivity contribution in [1.29, 1.82) is 0 Å². The van der Waals surface area contributed by atoms with Gasteiger partial charge in [0.15, 0.2) is 35.1 Å².